The predicted octanol–water partition coefficient (Wildman–Crippen LogP) is 2.15. The number of anilines is 1. The number of carbonyl (C=O) groups excluding carboxylic acids is 1. The summed E-state index contributed by atoms with van der Waals surface area (Å²) in [7, 11) is 3.03. The number of urea groups is 1. The van der Waals surface area contributed by atoms with E-state index in [4.69, 9.17) is 16.7 Å². The Hall–Kier alpha value is -2.95. The maximum Gasteiger partial charge on any atom is 0.405 e. The van der Waals surface area contributed by atoms with E-state index in [1.165, 1.54) is 19.0 Å². The summed E-state index contributed by atoms with van der Waals surface area (Å²) in [5, 5.41) is 23.0. The van der Waals surface area contributed by atoms with Gasteiger partial charge in [0.05, 0.1) is 17.2 Å². The van der Waals surface area contributed by atoms with Gasteiger partial charge in [-0.05, 0) is 0 Å². The highest BCUT2D eigenvalue weighted by molar-refractivity contribution is 6.32. The number of rotatable bonds is 4. The molecule has 0 aromatic heterocycles. The van der Waals surface area contributed by atoms with E-state index in [1.54, 1.807) is 0 Å². The first-order valence-corrected chi connectivity index (χ1v) is 6.65. The third kappa shape index (κ3) is 5.35. The van der Waals surface area contributed by atoms with Crippen molar-refractivity contribution in [1.82, 2.24) is 10.2 Å². The van der Waals surface area contributed by atoms with Crippen molar-refractivity contribution in [2.24, 2.45) is 4.99 Å². The van der Waals surface area contributed by atoms with Gasteiger partial charge in [0.15, 0.2) is 0 Å². The molecule has 0 saturated heterocycles. The molecule has 1 aromatic rings. The van der Waals surface area contributed by atoms with Crippen LogP contribution in [0.5, 0.6) is 0 Å². The van der Waals surface area contributed by atoms with Gasteiger partial charge in [0.2, 0.25) is 0 Å². The van der Waals surface area contributed by atoms with E-state index in [2.05, 4.69) is 4.99 Å². The van der Waals surface area contributed by atoms with E-state index in [0.717, 1.165) is 6.07 Å². The van der Waals surface area contributed by atoms with Crippen molar-refractivity contribution in [1.29, 1.82) is 0 Å². The molecule has 12 heteroatoms. The molecule has 0 aliphatic rings. The van der Waals surface area contributed by atoms with Crippen molar-refractivity contribution in [3.63, 3.8) is 0 Å². The van der Waals surface area contributed by atoms with E-state index in [-0.39, 0.29) is 12.4 Å². The molecule has 0 aliphatic carbocycles. The summed E-state index contributed by atoms with van der Waals surface area (Å²) in [6.07, 6.45) is -1.32. The third-order valence-corrected chi connectivity index (χ3v) is 2.92. The number of nitro benzene ring substituents is 1. The fourth-order valence-corrected chi connectivity index (χ4v) is 1.71. The smallest absolute Gasteiger partial charge is 0.405 e. The van der Waals surface area contributed by atoms with Crippen LogP contribution in [-0.2, 0) is 0 Å². The fourth-order valence-electron chi connectivity index (χ4n) is 1.49. The largest absolute Gasteiger partial charge is 0.465 e. The highest BCUT2D eigenvalue weighted by atomic mass is 35.5. The highest BCUT2D eigenvalue weighted by Crippen LogP contribution is 2.30. The maximum atomic E-state index is 13.7. The number of nitro groups is 1. The van der Waals surface area contributed by atoms with Crippen LogP contribution >= 0.6 is 11.6 Å². The van der Waals surface area contributed by atoms with Crippen molar-refractivity contribution >= 4 is 40.9 Å². The number of hydrogen-bond acceptors (Lipinski definition) is 4. The quantitative estimate of drug-likeness (QED) is 0.325. The average Bonchev–Trinajstić information content (AvgIpc) is 2.45. The van der Waals surface area contributed by atoms with E-state index in [1.807, 2.05) is 10.6 Å². The van der Waals surface area contributed by atoms with Crippen molar-refractivity contribution in [2.75, 3.05) is 26.0 Å². The Labute approximate surface area is 140 Å². The van der Waals surface area contributed by atoms with Crippen molar-refractivity contribution in [2.45, 2.75) is 0 Å². The second-order valence-corrected chi connectivity index (χ2v) is 4.96. The molecule has 0 heterocycles. The molecule has 0 atom stereocenters. The summed E-state index contributed by atoms with van der Waals surface area (Å²) in [5.41, 5.74) is -1.07. The van der Waals surface area contributed by atoms with Gasteiger partial charge in [-0.1, -0.05) is 11.6 Å². The number of amidine groups is 1. The number of benzene rings is 1. The van der Waals surface area contributed by atoms with Gasteiger partial charge >= 0.3 is 12.1 Å². The summed E-state index contributed by atoms with van der Waals surface area (Å²) in [6.45, 7) is -0.265. The lowest BCUT2D eigenvalue weighted by atomic mass is 10.2. The van der Waals surface area contributed by atoms with Crippen LogP contribution < -0.4 is 10.6 Å². The van der Waals surface area contributed by atoms with Gasteiger partial charge in [-0.15, -0.1) is 0 Å². The van der Waals surface area contributed by atoms with E-state index in [0.29, 0.717) is 6.07 Å². The van der Waals surface area contributed by atoms with Crippen LogP contribution in [0.2, 0.25) is 5.02 Å². The van der Waals surface area contributed by atoms with Crippen molar-refractivity contribution < 1.29 is 24.0 Å². The Balaban J connectivity index is 3.01. The van der Waals surface area contributed by atoms with Crippen LogP contribution in [0.3, 0.4) is 0 Å². The monoisotopic (exact) mass is 361 g/mol. The predicted molar refractivity (Wildman–Crippen MR) is 84.2 cm³/mol. The van der Waals surface area contributed by atoms with Gasteiger partial charge < -0.3 is 20.6 Å². The Morgan fingerprint density at radius 1 is 1.46 bits per heavy atom. The van der Waals surface area contributed by atoms with E-state index >= 15 is 0 Å². The summed E-state index contributed by atoms with van der Waals surface area (Å²) in [4.78, 5) is 37.2. The Morgan fingerprint density at radius 2 is 2.08 bits per heavy atom. The lowest BCUT2D eigenvalue weighted by molar-refractivity contribution is -0.384. The molecule has 3 N–H and O–H groups in total. The first-order chi connectivity index (χ1) is 11.1. The minimum atomic E-state index is -1.32. The number of nitrogens with zero attached hydrogens (tertiary/aromatic N) is 3. The number of halogens is 2. The first-order valence-electron chi connectivity index (χ1n) is 6.28. The number of carbonyl (C=O) groups is 2. The molecule has 1 rings (SSSR count). The van der Waals surface area contributed by atoms with Crippen molar-refractivity contribution in [3.8, 4) is 0 Å². The zero-order chi connectivity index (χ0) is 18.4. The van der Waals surface area contributed by atoms with Crippen LogP contribution in [0.4, 0.5) is 25.4 Å². The summed E-state index contributed by atoms with van der Waals surface area (Å²) >= 11 is 5.54. The molecule has 0 spiro atoms. The first kappa shape index (κ1) is 19.1. The van der Waals surface area contributed by atoms with Crippen LogP contribution in [0.15, 0.2) is 17.1 Å². The standard InChI is InChI=1S/C12H13ClFN5O5/c1-18(2)10(5-15-12(21)22)17-11(20)16-8-4-9(19(23)24)6(13)3-7(8)14/h3-4,15H,5H2,1-2H3,(H,16,20)(H,21,22). The molecule has 0 fully saturated rings. The number of hydrogen-bond donors (Lipinski definition) is 3. The topological polar surface area (TPSA) is 137 Å². The molecule has 3 amide bonds. The molecule has 130 valence electrons. The molecule has 1 aromatic carbocycles. The van der Waals surface area contributed by atoms with Crippen LogP contribution in [0, 0.1) is 15.9 Å². The zero-order valence-corrected chi connectivity index (χ0v) is 13.3. The normalized spacial score (nSPS) is 10.9. The van der Waals surface area contributed by atoms with Crippen molar-refractivity contribution in [3.05, 3.63) is 33.1 Å². The molecule has 0 saturated carbocycles. The highest BCUT2D eigenvalue weighted by Gasteiger charge is 2.18. The van der Waals surface area contributed by atoms with E-state index < -0.39 is 39.3 Å². The molecular weight excluding hydrogens is 349 g/mol. The number of nitrogens with one attached hydrogen (secondary N) is 2. The van der Waals surface area contributed by atoms with Gasteiger partial charge in [-0.2, -0.15) is 4.99 Å². The number of likely N-dealkylation sites (N-methyl/N-ethyl adjacent to an activating group) is 1. The maximum absolute atomic E-state index is 13.7. The molecule has 0 radical (unpaired) electrons. The van der Waals surface area contributed by atoms with E-state index in [9.17, 15) is 24.1 Å². The lowest BCUT2D eigenvalue weighted by Crippen LogP contribution is -2.36. The SMILES string of the molecule is CN(C)C(CNC(=O)O)=NC(=O)Nc1cc([N+](=O)[O-])c(Cl)cc1F. The average molecular weight is 362 g/mol. The molecular formula is C12H13ClFN5O5. The molecule has 24 heavy (non-hydrogen) atoms. The fraction of sp³-hybridized carbons (Fsp3) is 0.250. The minimum Gasteiger partial charge on any atom is -0.465 e. The zero-order valence-electron chi connectivity index (χ0n) is 12.5. The molecule has 0 unspecified atom stereocenters. The van der Waals surface area contributed by atoms with Gasteiger partial charge in [0, 0.05) is 26.2 Å². The molecule has 10 nitrogen and oxygen atoms in total. The van der Waals surface area contributed by atoms with Gasteiger partial charge in [-0.25, -0.2) is 14.0 Å². The van der Waals surface area contributed by atoms with Crippen LogP contribution in [0.25, 0.3) is 0 Å². The minimum absolute atomic E-state index is 0.0405. The molecule has 0 bridgehead atoms. The Kier molecular flexibility index (Phi) is 6.41. The molecule has 0 aliphatic heterocycles. The summed E-state index contributed by atoms with van der Waals surface area (Å²) < 4.78 is 13.7. The van der Waals surface area contributed by atoms with Crippen LogP contribution in [-0.4, -0.2) is 53.5 Å². The summed E-state index contributed by atoms with van der Waals surface area (Å²) in [5.74, 6) is -0.942. The second kappa shape index (κ2) is 8.06. The third-order valence-electron chi connectivity index (χ3n) is 2.62. The summed E-state index contributed by atoms with van der Waals surface area (Å²) in [6, 6.07) is 0.412. The van der Waals surface area contributed by atoms with Crippen LogP contribution in [0.1, 0.15) is 0 Å². The van der Waals surface area contributed by atoms with Gasteiger partial charge in [0.1, 0.15) is 16.7 Å². The Bertz CT molecular complexity index is 709. The second-order valence-electron chi connectivity index (χ2n) is 4.55. The lowest BCUT2D eigenvalue weighted by Gasteiger charge is -2.15. The number of carboxylic acid groups (broad SMARTS) is 1. The number of aliphatic imine (C=N–C) groups is 1. The van der Waals surface area contributed by atoms with Gasteiger partial charge in [0.25, 0.3) is 5.69 Å². The number of amides is 3. The van der Waals surface area contributed by atoms with Gasteiger partial charge in [-0.3, -0.25) is 10.1 Å². The Morgan fingerprint density at radius 3 is 2.58 bits per heavy atom.